The minimum Gasteiger partial charge on any atom is -0.493 e. The Morgan fingerprint density at radius 1 is 1.07 bits per heavy atom. The van der Waals surface area contributed by atoms with E-state index in [-0.39, 0.29) is 12.5 Å². The second kappa shape index (κ2) is 9.55. The van der Waals surface area contributed by atoms with Crippen LogP contribution >= 0.6 is 0 Å². The molecule has 0 heterocycles. The number of nitrogens with zero attached hydrogens (tertiary/aromatic N) is 1. The number of hydrogen-bond donors (Lipinski definition) is 2. The first-order valence-corrected chi connectivity index (χ1v) is 9.44. The number of anilines is 1. The van der Waals surface area contributed by atoms with Crippen molar-refractivity contribution in [2.75, 3.05) is 18.5 Å². The molecule has 5 heteroatoms. The molecule has 2 N–H and O–H groups in total. The first-order valence-electron chi connectivity index (χ1n) is 9.44. The number of ether oxygens (including phenoxy) is 1. The molecule has 3 rings (SSSR count). The van der Waals surface area contributed by atoms with Crippen molar-refractivity contribution in [3.8, 4) is 5.75 Å². The van der Waals surface area contributed by atoms with E-state index in [1.165, 1.54) is 5.56 Å². The zero-order valence-corrected chi connectivity index (χ0v) is 16.2. The maximum Gasteiger partial charge on any atom is 0.259 e. The van der Waals surface area contributed by atoms with Crippen LogP contribution in [0.4, 0.5) is 5.69 Å². The molecule has 0 atom stereocenters. The maximum absolute atomic E-state index is 12.1. The molecule has 0 spiro atoms. The molecule has 0 aromatic heterocycles. The highest BCUT2D eigenvalue weighted by Crippen LogP contribution is 2.26. The van der Waals surface area contributed by atoms with Crippen LogP contribution in [0.1, 0.15) is 24.5 Å². The SMILES string of the molecule is CCCOc1ccc2ccccc2c1/C=N\NC(=O)CNc1ccc(C)cc1. The minimum atomic E-state index is -0.215. The number of benzene rings is 3. The molecule has 0 radical (unpaired) electrons. The van der Waals surface area contributed by atoms with Gasteiger partial charge in [0.15, 0.2) is 0 Å². The summed E-state index contributed by atoms with van der Waals surface area (Å²) in [6.07, 6.45) is 2.57. The van der Waals surface area contributed by atoms with Crippen LogP contribution in [0, 0.1) is 6.92 Å². The fraction of sp³-hybridized carbons (Fsp3) is 0.217. The number of hydrazone groups is 1. The summed E-state index contributed by atoms with van der Waals surface area (Å²) < 4.78 is 5.85. The van der Waals surface area contributed by atoms with Gasteiger partial charge < -0.3 is 10.1 Å². The standard InChI is InChI=1S/C23H25N3O2/c1-3-14-28-22-13-10-18-6-4-5-7-20(18)21(22)15-25-26-23(27)16-24-19-11-8-17(2)9-12-19/h4-13,15,24H,3,14,16H2,1-2H3,(H,26,27)/b25-15-. The van der Waals surface area contributed by atoms with Gasteiger partial charge in [0.25, 0.3) is 5.91 Å². The average Bonchev–Trinajstić information content (AvgIpc) is 2.72. The summed E-state index contributed by atoms with van der Waals surface area (Å²) in [7, 11) is 0. The zero-order chi connectivity index (χ0) is 19.8. The smallest absolute Gasteiger partial charge is 0.259 e. The number of carbonyl (C=O) groups excluding carboxylic acids is 1. The van der Waals surface area contributed by atoms with E-state index >= 15 is 0 Å². The molecular formula is C23H25N3O2. The first-order chi connectivity index (χ1) is 13.7. The van der Waals surface area contributed by atoms with Gasteiger partial charge in [0.05, 0.1) is 19.4 Å². The van der Waals surface area contributed by atoms with E-state index in [1.54, 1.807) is 6.21 Å². The number of fused-ring (bicyclic) bond motifs is 1. The summed E-state index contributed by atoms with van der Waals surface area (Å²) in [5, 5.41) is 9.35. The highest BCUT2D eigenvalue weighted by atomic mass is 16.5. The summed E-state index contributed by atoms with van der Waals surface area (Å²) in [6.45, 7) is 4.87. The summed E-state index contributed by atoms with van der Waals surface area (Å²) in [5.74, 6) is 0.546. The van der Waals surface area contributed by atoms with Crippen molar-refractivity contribution in [3.05, 3.63) is 71.8 Å². The number of carbonyl (C=O) groups is 1. The van der Waals surface area contributed by atoms with Gasteiger partial charge in [-0.25, -0.2) is 5.43 Å². The highest BCUT2D eigenvalue weighted by molar-refractivity contribution is 6.02. The molecule has 3 aromatic carbocycles. The normalized spacial score (nSPS) is 10.9. The van der Waals surface area contributed by atoms with Crippen LogP contribution in [0.15, 0.2) is 65.8 Å². The predicted octanol–water partition coefficient (Wildman–Crippen LogP) is 4.50. The Bertz CT molecular complexity index is 965. The van der Waals surface area contributed by atoms with E-state index < -0.39 is 0 Å². The van der Waals surface area contributed by atoms with Crippen molar-refractivity contribution in [1.82, 2.24) is 5.43 Å². The molecule has 0 bridgehead atoms. The molecule has 0 fully saturated rings. The van der Waals surface area contributed by atoms with E-state index in [9.17, 15) is 4.79 Å². The molecule has 0 aliphatic heterocycles. The quantitative estimate of drug-likeness (QED) is 0.450. The molecule has 0 aliphatic carbocycles. The van der Waals surface area contributed by atoms with Gasteiger partial charge >= 0.3 is 0 Å². The van der Waals surface area contributed by atoms with Crippen molar-refractivity contribution < 1.29 is 9.53 Å². The second-order valence-corrected chi connectivity index (χ2v) is 6.56. The van der Waals surface area contributed by atoms with E-state index in [0.717, 1.165) is 34.2 Å². The van der Waals surface area contributed by atoms with Gasteiger partial charge in [0.1, 0.15) is 5.75 Å². The summed E-state index contributed by atoms with van der Waals surface area (Å²) in [6, 6.07) is 19.9. The Kier molecular flexibility index (Phi) is 6.63. The average molecular weight is 375 g/mol. The lowest BCUT2D eigenvalue weighted by atomic mass is 10.0. The van der Waals surface area contributed by atoms with Crippen LogP contribution < -0.4 is 15.5 Å². The third kappa shape index (κ3) is 5.10. The monoisotopic (exact) mass is 375 g/mol. The molecule has 5 nitrogen and oxygen atoms in total. The van der Waals surface area contributed by atoms with E-state index in [0.29, 0.717) is 6.61 Å². The third-order valence-corrected chi connectivity index (χ3v) is 4.28. The van der Waals surface area contributed by atoms with E-state index in [1.807, 2.05) is 67.6 Å². The van der Waals surface area contributed by atoms with Crippen LogP contribution in [0.25, 0.3) is 10.8 Å². The van der Waals surface area contributed by atoms with Gasteiger partial charge in [-0.2, -0.15) is 5.10 Å². The van der Waals surface area contributed by atoms with Crippen LogP contribution in [0.3, 0.4) is 0 Å². The topological polar surface area (TPSA) is 62.7 Å². The number of amides is 1. The molecular weight excluding hydrogens is 350 g/mol. The largest absolute Gasteiger partial charge is 0.493 e. The molecule has 3 aromatic rings. The Morgan fingerprint density at radius 3 is 2.64 bits per heavy atom. The summed E-state index contributed by atoms with van der Waals surface area (Å²) in [5.41, 5.74) is 5.51. The minimum absolute atomic E-state index is 0.148. The maximum atomic E-state index is 12.1. The number of nitrogens with one attached hydrogen (secondary N) is 2. The third-order valence-electron chi connectivity index (χ3n) is 4.28. The van der Waals surface area contributed by atoms with Gasteiger partial charge in [-0.15, -0.1) is 0 Å². The molecule has 0 unspecified atom stereocenters. The summed E-state index contributed by atoms with van der Waals surface area (Å²) in [4.78, 5) is 12.1. The lowest BCUT2D eigenvalue weighted by Crippen LogP contribution is -2.25. The molecule has 144 valence electrons. The van der Waals surface area contributed by atoms with Crippen molar-refractivity contribution >= 4 is 28.6 Å². The molecule has 1 amide bonds. The highest BCUT2D eigenvalue weighted by Gasteiger charge is 2.07. The van der Waals surface area contributed by atoms with Gasteiger partial charge in [-0.3, -0.25) is 4.79 Å². The number of rotatable bonds is 8. The van der Waals surface area contributed by atoms with E-state index in [4.69, 9.17) is 4.74 Å². The van der Waals surface area contributed by atoms with Crippen molar-refractivity contribution in [2.24, 2.45) is 5.10 Å². The number of hydrogen-bond acceptors (Lipinski definition) is 4. The van der Waals surface area contributed by atoms with Gasteiger partial charge in [0.2, 0.25) is 0 Å². The molecule has 28 heavy (non-hydrogen) atoms. The molecule has 0 saturated carbocycles. The van der Waals surface area contributed by atoms with Crippen molar-refractivity contribution in [1.29, 1.82) is 0 Å². The Labute approximate surface area is 165 Å². The molecule has 0 saturated heterocycles. The van der Waals surface area contributed by atoms with Gasteiger partial charge in [0, 0.05) is 11.3 Å². The fourth-order valence-corrected chi connectivity index (χ4v) is 2.81. The lowest BCUT2D eigenvalue weighted by Gasteiger charge is -2.11. The van der Waals surface area contributed by atoms with E-state index in [2.05, 4.69) is 22.8 Å². The van der Waals surface area contributed by atoms with Gasteiger partial charge in [-0.05, 0) is 42.3 Å². The predicted molar refractivity (Wildman–Crippen MR) is 115 cm³/mol. The molecule has 0 aliphatic rings. The van der Waals surface area contributed by atoms with Crippen LogP contribution in [0.2, 0.25) is 0 Å². The summed E-state index contributed by atoms with van der Waals surface area (Å²) >= 11 is 0. The lowest BCUT2D eigenvalue weighted by molar-refractivity contribution is -0.119. The first kappa shape index (κ1) is 19.4. The van der Waals surface area contributed by atoms with Crippen LogP contribution in [0.5, 0.6) is 5.75 Å². The Hall–Kier alpha value is -3.34. The van der Waals surface area contributed by atoms with Gasteiger partial charge in [-0.1, -0.05) is 55.0 Å². The Morgan fingerprint density at radius 2 is 1.86 bits per heavy atom. The fourth-order valence-electron chi connectivity index (χ4n) is 2.81. The second-order valence-electron chi connectivity index (χ2n) is 6.56. The van der Waals surface area contributed by atoms with Crippen LogP contribution in [-0.4, -0.2) is 25.3 Å². The number of aryl methyl sites for hydroxylation is 1. The van der Waals surface area contributed by atoms with Crippen molar-refractivity contribution in [3.63, 3.8) is 0 Å². The van der Waals surface area contributed by atoms with Crippen LogP contribution in [-0.2, 0) is 4.79 Å². The van der Waals surface area contributed by atoms with Crippen molar-refractivity contribution in [2.45, 2.75) is 20.3 Å². The zero-order valence-electron chi connectivity index (χ0n) is 16.2. The Balaban J connectivity index is 1.67.